The predicted molar refractivity (Wildman–Crippen MR) is 67.0 cm³/mol. The number of hydrogen-bond donors (Lipinski definition) is 1. The second kappa shape index (κ2) is 5.69. The molecule has 1 atom stereocenters. The Morgan fingerprint density at radius 3 is 2.67 bits per heavy atom. The Morgan fingerprint density at radius 1 is 1.33 bits per heavy atom. The fourth-order valence-corrected chi connectivity index (χ4v) is 2.66. The van der Waals surface area contributed by atoms with Gasteiger partial charge in [0.15, 0.2) is 0 Å². The van der Waals surface area contributed by atoms with Crippen LogP contribution in [0, 0.1) is 0 Å². The number of rotatable bonds is 4. The number of carbonyl (C=O) groups is 2. The molecule has 2 rings (SSSR count). The number of hydrogen-bond acceptors (Lipinski definition) is 3. The van der Waals surface area contributed by atoms with Crippen molar-refractivity contribution in [2.24, 2.45) is 0 Å². The van der Waals surface area contributed by atoms with Crippen molar-refractivity contribution in [2.75, 3.05) is 13.2 Å². The van der Waals surface area contributed by atoms with Crippen LogP contribution in [0.2, 0.25) is 0 Å². The quantitative estimate of drug-likeness (QED) is 0.802. The van der Waals surface area contributed by atoms with Gasteiger partial charge in [-0.1, -0.05) is 6.92 Å². The van der Waals surface area contributed by atoms with E-state index in [9.17, 15) is 9.59 Å². The zero-order chi connectivity index (χ0) is 13.1. The molecule has 5 heteroatoms. The van der Waals surface area contributed by atoms with Crippen molar-refractivity contribution in [1.82, 2.24) is 10.2 Å². The van der Waals surface area contributed by atoms with Gasteiger partial charge in [-0.15, -0.1) is 0 Å². The van der Waals surface area contributed by atoms with E-state index in [1.165, 1.54) is 0 Å². The van der Waals surface area contributed by atoms with Crippen LogP contribution in [0.4, 0.5) is 0 Å². The molecule has 1 aliphatic heterocycles. The smallest absolute Gasteiger partial charge is 0.245 e. The molecule has 2 fully saturated rings. The summed E-state index contributed by atoms with van der Waals surface area (Å²) >= 11 is 0. The molecule has 1 aliphatic carbocycles. The van der Waals surface area contributed by atoms with Gasteiger partial charge in [0.25, 0.3) is 0 Å². The number of nitrogens with zero attached hydrogens (tertiary/aromatic N) is 1. The van der Waals surface area contributed by atoms with E-state index in [0.29, 0.717) is 25.5 Å². The maximum atomic E-state index is 12.3. The first kappa shape index (κ1) is 13.3. The van der Waals surface area contributed by atoms with Gasteiger partial charge in [-0.3, -0.25) is 9.59 Å². The van der Waals surface area contributed by atoms with Gasteiger partial charge in [-0.2, -0.15) is 0 Å². The van der Waals surface area contributed by atoms with Crippen LogP contribution >= 0.6 is 0 Å². The second-order valence-electron chi connectivity index (χ2n) is 5.01. The van der Waals surface area contributed by atoms with Gasteiger partial charge in [-0.25, -0.2) is 0 Å². The van der Waals surface area contributed by atoms with E-state index in [0.717, 1.165) is 19.4 Å². The van der Waals surface area contributed by atoms with Crippen molar-refractivity contribution >= 4 is 11.8 Å². The normalized spacial score (nSPS) is 32.8. The van der Waals surface area contributed by atoms with Crippen LogP contribution in [0.3, 0.4) is 0 Å². The van der Waals surface area contributed by atoms with Crippen LogP contribution in [0.15, 0.2) is 0 Å². The molecule has 0 aromatic heterocycles. The number of ether oxygens (including phenoxy) is 1. The van der Waals surface area contributed by atoms with E-state index in [-0.39, 0.29) is 23.9 Å². The Hall–Kier alpha value is -1.10. The lowest BCUT2D eigenvalue weighted by atomic mass is 9.87. The zero-order valence-electron chi connectivity index (χ0n) is 11.1. The first-order chi connectivity index (χ1) is 8.65. The summed E-state index contributed by atoms with van der Waals surface area (Å²) in [5.74, 6) is 0.0571. The van der Waals surface area contributed by atoms with Crippen molar-refractivity contribution in [2.45, 2.75) is 57.7 Å². The van der Waals surface area contributed by atoms with Crippen LogP contribution in [-0.2, 0) is 14.3 Å². The Bertz CT molecular complexity index is 326. The van der Waals surface area contributed by atoms with Crippen molar-refractivity contribution in [3.05, 3.63) is 0 Å². The fourth-order valence-electron chi connectivity index (χ4n) is 2.66. The number of carbonyl (C=O) groups excluding carboxylic acids is 2. The Labute approximate surface area is 108 Å². The van der Waals surface area contributed by atoms with E-state index < -0.39 is 0 Å². The molecule has 5 nitrogen and oxygen atoms in total. The highest BCUT2D eigenvalue weighted by Gasteiger charge is 2.39. The number of nitrogens with one attached hydrogen (secondary N) is 1. The van der Waals surface area contributed by atoms with Crippen LogP contribution in [-0.4, -0.2) is 48.1 Å². The molecule has 0 aromatic rings. The van der Waals surface area contributed by atoms with Crippen molar-refractivity contribution in [3.63, 3.8) is 0 Å². The third kappa shape index (κ3) is 2.66. The predicted octanol–water partition coefficient (Wildman–Crippen LogP) is 0.681. The fraction of sp³-hybridized carbons (Fsp3) is 0.846. The summed E-state index contributed by atoms with van der Waals surface area (Å²) < 4.78 is 5.52. The molecule has 1 unspecified atom stereocenters. The lowest BCUT2D eigenvalue weighted by Gasteiger charge is -2.42. The minimum Gasteiger partial charge on any atom is -0.378 e. The Balaban J connectivity index is 1.95. The zero-order valence-corrected chi connectivity index (χ0v) is 11.1. The maximum Gasteiger partial charge on any atom is 0.245 e. The molecule has 1 N–H and O–H groups in total. The van der Waals surface area contributed by atoms with Gasteiger partial charge in [0.2, 0.25) is 11.8 Å². The lowest BCUT2D eigenvalue weighted by molar-refractivity contribution is -0.141. The lowest BCUT2D eigenvalue weighted by Crippen LogP contribution is -2.54. The Kier molecular flexibility index (Phi) is 4.22. The van der Waals surface area contributed by atoms with Crippen molar-refractivity contribution in [1.29, 1.82) is 0 Å². The molecule has 102 valence electrons. The minimum atomic E-state index is -0.342. The molecule has 2 aliphatic rings. The summed E-state index contributed by atoms with van der Waals surface area (Å²) in [6.45, 7) is 5.18. The van der Waals surface area contributed by atoms with Crippen LogP contribution in [0.5, 0.6) is 0 Å². The monoisotopic (exact) mass is 254 g/mol. The summed E-state index contributed by atoms with van der Waals surface area (Å²) in [5, 5.41) is 2.79. The van der Waals surface area contributed by atoms with Gasteiger partial charge in [0.05, 0.1) is 6.10 Å². The van der Waals surface area contributed by atoms with Gasteiger partial charge < -0.3 is 15.0 Å². The van der Waals surface area contributed by atoms with Gasteiger partial charge >= 0.3 is 0 Å². The van der Waals surface area contributed by atoms with Crippen LogP contribution in [0.1, 0.15) is 39.5 Å². The van der Waals surface area contributed by atoms with E-state index in [4.69, 9.17) is 4.74 Å². The third-order valence-corrected chi connectivity index (χ3v) is 3.82. The highest BCUT2D eigenvalue weighted by molar-refractivity contribution is 5.90. The first-order valence-electron chi connectivity index (χ1n) is 6.87. The SMILES string of the molecule is CCOC1CC(N2CCC(=O)NC(CC)C2=O)C1. The molecule has 1 heterocycles. The summed E-state index contributed by atoms with van der Waals surface area (Å²) in [6, 6.07) is -0.0815. The van der Waals surface area contributed by atoms with E-state index in [1.807, 2.05) is 18.7 Å². The van der Waals surface area contributed by atoms with Crippen LogP contribution in [0.25, 0.3) is 0 Å². The average Bonchev–Trinajstić information content (AvgIpc) is 2.44. The van der Waals surface area contributed by atoms with Gasteiger partial charge in [0, 0.05) is 25.6 Å². The molecule has 0 spiro atoms. The highest BCUT2D eigenvalue weighted by atomic mass is 16.5. The first-order valence-corrected chi connectivity index (χ1v) is 6.87. The van der Waals surface area contributed by atoms with Crippen molar-refractivity contribution < 1.29 is 14.3 Å². The Morgan fingerprint density at radius 2 is 2.06 bits per heavy atom. The molecule has 0 radical (unpaired) electrons. The van der Waals surface area contributed by atoms with Crippen molar-refractivity contribution in [3.8, 4) is 0 Å². The highest BCUT2D eigenvalue weighted by Crippen LogP contribution is 2.29. The average molecular weight is 254 g/mol. The summed E-state index contributed by atoms with van der Waals surface area (Å²) in [4.78, 5) is 25.7. The van der Waals surface area contributed by atoms with Gasteiger partial charge in [-0.05, 0) is 26.2 Å². The maximum absolute atomic E-state index is 12.3. The molecular formula is C13H22N2O3. The third-order valence-electron chi connectivity index (χ3n) is 3.82. The largest absolute Gasteiger partial charge is 0.378 e. The summed E-state index contributed by atoms with van der Waals surface area (Å²) in [7, 11) is 0. The van der Waals surface area contributed by atoms with E-state index in [1.54, 1.807) is 0 Å². The summed E-state index contributed by atoms with van der Waals surface area (Å²) in [6.07, 6.45) is 3.18. The minimum absolute atomic E-state index is 0.0154. The molecule has 18 heavy (non-hydrogen) atoms. The number of amides is 2. The van der Waals surface area contributed by atoms with E-state index >= 15 is 0 Å². The standard InChI is InChI=1S/C13H22N2O3/c1-3-11-13(17)15(6-5-12(16)14-11)9-7-10(8-9)18-4-2/h9-11H,3-8H2,1-2H3,(H,14,16). The molecule has 0 aromatic carbocycles. The second-order valence-corrected chi connectivity index (χ2v) is 5.01. The van der Waals surface area contributed by atoms with Crippen LogP contribution < -0.4 is 5.32 Å². The molecule has 1 saturated heterocycles. The molecule has 1 saturated carbocycles. The topological polar surface area (TPSA) is 58.6 Å². The van der Waals surface area contributed by atoms with E-state index in [2.05, 4.69) is 5.32 Å². The molecule has 2 amide bonds. The molecule has 0 bridgehead atoms. The summed E-state index contributed by atoms with van der Waals surface area (Å²) in [5.41, 5.74) is 0. The van der Waals surface area contributed by atoms with Gasteiger partial charge in [0.1, 0.15) is 6.04 Å². The molecular weight excluding hydrogens is 232 g/mol.